The van der Waals surface area contributed by atoms with Crippen molar-refractivity contribution in [2.24, 2.45) is 0 Å². The van der Waals surface area contributed by atoms with Crippen LogP contribution in [0.1, 0.15) is 12.8 Å². The van der Waals surface area contributed by atoms with Crippen LogP contribution in [0, 0.1) is 0 Å². The highest BCUT2D eigenvalue weighted by atomic mass is 16.2. The van der Waals surface area contributed by atoms with E-state index in [9.17, 15) is 9.59 Å². The predicted octanol–water partition coefficient (Wildman–Crippen LogP) is 1.68. The van der Waals surface area contributed by atoms with Gasteiger partial charge in [-0.1, -0.05) is 18.2 Å². The van der Waals surface area contributed by atoms with E-state index in [-0.39, 0.29) is 31.2 Å². The average Bonchev–Trinajstić information content (AvgIpc) is 2.14. The molecule has 0 aromatic heterocycles. The summed E-state index contributed by atoms with van der Waals surface area (Å²) >= 11 is 0. The lowest BCUT2D eigenvalue weighted by Crippen LogP contribution is -2.36. The second-order valence-corrected chi connectivity index (χ2v) is 2.67. The van der Waals surface area contributed by atoms with Crippen LogP contribution >= 0.6 is 0 Å². The maximum absolute atomic E-state index is 11.4. The van der Waals surface area contributed by atoms with Crippen LogP contribution in [0.5, 0.6) is 0 Å². The Kier molecular flexibility index (Phi) is 6.03. The van der Waals surface area contributed by atoms with Crippen LogP contribution in [0.3, 0.4) is 0 Å². The molecule has 2 amide bonds. The van der Waals surface area contributed by atoms with Gasteiger partial charge in [0.1, 0.15) is 0 Å². The number of hydrogen-bond donors (Lipinski definition) is 0. The summed E-state index contributed by atoms with van der Waals surface area (Å²) in [5.74, 6) is -0.515. The van der Waals surface area contributed by atoms with Gasteiger partial charge in [0, 0.05) is 19.4 Å². The molecule has 0 atom stereocenters. The van der Waals surface area contributed by atoms with Gasteiger partial charge in [0.05, 0.1) is 0 Å². The van der Waals surface area contributed by atoms with Crippen molar-refractivity contribution >= 4 is 11.8 Å². The Morgan fingerprint density at radius 3 is 1.64 bits per heavy atom. The molecule has 0 radical (unpaired) electrons. The lowest BCUT2D eigenvalue weighted by atomic mass is 10.3. The molecule has 0 bridgehead atoms. The Balaban J connectivity index is 4.47. The van der Waals surface area contributed by atoms with E-state index in [2.05, 4.69) is 19.7 Å². The van der Waals surface area contributed by atoms with Crippen LogP contribution in [-0.4, -0.2) is 23.3 Å². The number of rotatable bonds is 6. The molecule has 0 aromatic rings. The summed E-state index contributed by atoms with van der Waals surface area (Å²) in [5.41, 5.74) is 0. The topological polar surface area (TPSA) is 37.4 Å². The van der Waals surface area contributed by atoms with Gasteiger partial charge >= 0.3 is 0 Å². The van der Waals surface area contributed by atoms with E-state index in [4.69, 9.17) is 0 Å². The monoisotopic (exact) mass is 193 g/mol. The second-order valence-electron chi connectivity index (χ2n) is 2.67. The highest BCUT2D eigenvalue weighted by Crippen LogP contribution is 2.00. The molecular weight excluding hydrogens is 178 g/mol. The lowest BCUT2D eigenvalue weighted by Gasteiger charge is -2.17. The highest BCUT2D eigenvalue weighted by Gasteiger charge is 2.16. The van der Waals surface area contributed by atoms with E-state index >= 15 is 0 Å². The number of amides is 2. The van der Waals surface area contributed by atoms with Crippen LogP contribution in [0.2, 0.25) is 0 Å². The molecule has 0 aromatic carbocycles. The molecule has 0 aliphatic rings. The Bertz CT molecular complexity index is 234. The Hall–Kier alpha value is -1.64. The largest absolute Gasteiger partial charge is 0.278 e. The first kappa shape index (κ1) is 12.4. The smallest absolute Gasteiger partial charge is 0.233 e. The molecule has 14 heavy (non-hydrogen) atoms. The SMILES string of the molecule is C=CCC(=O)N(CC=C)C(=O)CC=C. The lowest BCUT2D eigenvalue weighted by molar-refractivity contribution is -0.143. The first-order valence-electron chi connectivity index (χ1n) is 4.33. The molecule has 0 rings (SSSR count). The van der Waals surface area contributed by atoms with Crippen molar-refractivity contribution in [3.05, 3.63) is 38.0 Å². The molecule has 0 N–H and O–H groups in total. The molecule has 76 valence electrons. The summed E-state index contributed by atoms with van der Waals surface area (Å²) in [6.07, 6.45) is 4.79. The van der Waals surface area contributed by atoms with Crippen molar-refractivity contribution in [2.75, 3.05) is 6.54 Å². The molecule has 0 spiro atoms. The van der Waals surface area contributed by atoms with Gasteiger partial charge in [-0.05, 0) is 0 Å². The molecule has 0 fully saturated rings. The number of carbonyl (C=O) groups excluding carboxylic acids is 2. The minimum absolute atomic E-state index is 0.163. The van der Waals surface area contributed by atoms with Crippen molar-refractivity contribution in [3.63, 3.8) is 0 Å². The van der Waals surface area contributed by atoms with Crippen molar-refractivity contribution in [2.45, 2.75) is 12.8 Å². The third-order valence-corrected chi connectivity index (χ3v) is 1.55. The molecule has 0 aliphatic carbocycles. The zero-order chi connectivity index (χ0) is 11.0. The van der Waals surface area contributed by atoms with Crippen molar-refractivity contribution in [3.8, 4) is 0 Å². The van der Waals surface area contributed by atoms with Gasteiger partial charge in [-0.2, -0.15) is 0 Å². The molecule has 0 saturated carbocycles. The first-order chi connectivity index (χ1) is 6.67. The van der Waals surface area contributed by atoms with Gasteiger partial charge in [0.15, 0.2) is 0 Å². The Labute approximate surface area is 84.4 Å². The summed E-state index contributed by atoms with van der Waals surface area (Å²) in [4.78, 5) is 24.0. The van der Waals surface area contributed by atoms with Gasteiger partial charge in [-0.25, -0.2) is 0 Å². The molecule has 0 unspecified atom stereocenters. The van der Waals surface area contributed by atoms with Crippen molar-refractivity contribution < 1.29 is 9.59 Å². The van der Waals surface area contributed by atoms with E-state index in [1.54, 1.807) is 0 Å². The quantitative estimate of drug-likeness (QED) is 0.602. The summed E-state index contributed by atoms with van der Waals surface area (Å²) in [6.45, 7) is 10.6. The second kappa shape index (κ2) is 6.83. The van der Waals surface area contributed by atoms with Crippen molar-refractivity contribution in [1.82, 2.24) is 4.90 Å². The van der Waals surface area contributed by atoms with E-state index in [1.807, 2.05) is 0 Å². The van der Waals surface area contributed by atoms with Crippen LogP contribution in [0.25, 0.3) is 0 Å². The zero-order valence-corrected chi connectivity index (χ0v) is 8.24. The summed E-state index contributed by atoms with van der Waals surface area (Å²) in [5, 5.41) is 0. The third-order valence-electron chi connectivity index (χ3n) is 1.55. The van der Waals surface area contributed by atoms with Gasteiger partial charge in [0.2, 0.25) is 11.8 Å². The molecule has 0 saturated heterocycles. The summed E-state index contributed by atoms with van der Waals surface area (Å²) in [7, 11) is 0. The normalized spacial score (nSPS) is 8.86. The van der Waals surface area contributed by atoms with Crippen LogP contribution in [0.4, 0.5) is 0 Å². The molecule has 3 heteroatoms. The predicted molar refractivity (Wildman–Crippen MR) is 56.5 cm³/mol. The summed E-state index contributed by atoms with van der Waals surface area (Å²) in [6, 6.07) is 0. The van der Waals surface area contributed by atoms with Gasteiger partial charge in [0.25, 0.3) is 0 Å². The van der Waals surface area contributed by atoms with Gasteiger partial charge in [-0.15, -0.1) is 19.7 Å². The Morgan fingerprint density at radius 2 is 1.36 bits per heavy atom. The number of imide groups is 1. The first-order valence-corrected chi connectivity index (χ1v) is 4.33. The molecule has 0 aliphatic heterocycles. The number of nitrogens with zero attached hydrogens (tertiary/aromatic N) is 1. The Morgan fingerprint density at radius 1 is 0.929 bits per heavy atom. The van der Waals surface area contributed by atoms with Crippen LogP contribution in [0.15, 0.2) is 38.0 Å². The molecule has 3 nitrogen and oxygen atoms in total. The fraction of sp³-hybridized carbons (Fsp3) is 0.273. The highest BCUT2D eigenvalue weighted by molar-refractivity contribution is 5.96. The van der Waals surface area contributed by atoms with E-state index < -0.39 is 0 Å². The van der Waals surface area contributed by atoms with E-state index in [0.29, 0.717) is 0 Å². The van der Waals surface area contributed by atoms with Gasteiger partial charge < -0.3 is 0 Å². The zero-order valence-electron chi connectivity index (χ0n) is 8.24. The average molecular weight is 193 g/mol. The maximum Gasteiger partial charge on any atom is 0.233 e. The van der Waals surface area contributed by atoms with Crippen molar-refractivity contribution in [1.29, 1.82) is 0 Å². The number of carbonyl (C=O) groups is 2. The standard InChI is InChI=1S/C11H15NO2/c1-4-7-10(13)12(9-6-3)11(14)8-5-2/h4-6H,1-3,7-9H2. The maximum atomic E-state index is 11.4. The van der Waals surface area contributed by atoms with E-state index in [1.165, 1.54) is 18.2 Å². The van der Waals surface area contributed by atoms with E-state index in [0.717, 1.165) is 4.90 Å². The molecule has 0 heterocycles. The fourth-order valence-corrected chi connectivity index (χ4v) is 0.939. The van der Waals surface area contributed by atoms with Crippen LogP contribution < -0.4 is 0 Å². The fourth-order valence-electron chi connectivity index (χ4n) is 0.939. The van der Waals surface area contributed by atoms with Gasteiger partial charge in [-0.3, -0.25) is 14.5 Å². The number of hydrogen-bond acceptors (Lipinski definition) is 2. The minimum atomic E-state index is -0.258. The summed E-state index contributed by atoms with van der Waals surface area (Å²) < 4.78 is 0. The minimum Gasteiger partial charge on any atom is -0.278 e. The molecular formula is C11H15NO2. The van der Waals surface area contributed by atoms with Crippen LogP contribution in [-0.2, 0) is 9.59 Å². The third kappa shape index (κ3) is 3.85.